The van der Waals surface area contributed by atoms with Crippen molar-refractivity contribution in [2.75, 3.05) is 11.9 Å². The number of halogens is 1. The molecule has 7 N–H and O–H groups in total. The lowest BCUT2D eigenvalue weighted by Gasteiger charge is -2.35. The van der Waals surface area contributed by atoms with Crippen molar-refractivity contribution in [1.29, 1.82) is 0 Å². The number of nitrogens with one attached hydrogen (secondary N) is 5. The van der Waals surface area contributed by atoms with Gasteiger partial charge in [-0.05, 0) is 92.3 Å². The quantitative estimate of drug-likeness (QED) is 0.0575. The number of fused-ring (bicyclic) bond motifs is 5. The maximum Gasteiger partial charge on any atom is 0.407 e. The summed E-state index contributed by atoms with van der Waals surface area (Å²) < 4.78 is 28.3. The molecular formula is C54H59FN8O13. The number of imide groups is 1. The van der Waals surface area contributed by atoms with Crippen molar-refractivity contribution < 1.29 is 62.4 Å². The summed E-state index contributed by atoms with van der Waals surface area (Å²) in [6, 6.07) is 4.96. The van der Waals surface area contributed by atoms with E-state index in [-0.39, 0.29) is 74.9 Å². The Kier molecular flexibility index (Phi) is 15.6. The van der Waals surface area contributed by atoms with E-state index >= 15 is 4.39 Å². The molecule has 7 amide bonds. The first-order chi connectivity index (χ1) is 36.1. The average Bonchev–Trinajstić information content (AvgIpc) is 3.95. The van der Waals surface area contributed by atoms with Crippen molar-refractivity contribution in [3.8, 4) is 11.4 Å². The summed E-state index contributed by atoms with van der Waals surface area (Å²) in [5, 5.41) is 35.0. The van der Waals surface area contributed by atoms with Gasteiger partial charge in [-0.15, -0.1) is 0 Å². The van der Waals surface area contributed by atoms with Gasteiger partial charge in [-0.3, -0.25) is 43.3 Å². The first kappa shape index (κ1) is 54.0. The molecular weight excluding hydrogens is 988 g/mol. The molecule has 8 rings (SSSR count). The minimum atomic E-state index is -1.61. The molecule has 0 spiro atoms. The number of carbonyl (C=O) groups excluding carboxylic acids is 7. The smallest absolute Gasteiger partial charge is 0.407 e. The number of hydrogen-bond acceptors (Lipinski definition) is 13. The molecule has 1 aliphatic carbocycles. The number of aromatic nitrogens is 2. The van der Waals surface area contributed by atoms with Gasteiger partial charge in [-0.2, -0.15) is 0 Å². The van der Waals surface area contributed by atoms with E-state index in [9.17, 15) is 53.4 Å². The lowest BCUT2D eigenvalue weighted by Crippen LogP contribution is -2.55. The summed E-state index contributed by atoms with van der Waals surface area (Å²) in [7, 11) is 0. The number of pyridine rings is 2. The zero-order valence-electron chi connectivity index (χ0n) is 42.6. The molecule has 0 fully saturated rings. The third-order valence-corrected chi connectivity index (χ3v) is 14.3. The van der Waals surface area contributed by atoms with Crippen LogP contribution in [0.1, 0.15) is 111 Å². The van der Waals surface area contributed by atoms with Gasteiger partial charge >= 0.3 is 12.1 Å². The van der Waals surface area contributed by atoms with Crippen molar-refractivity contribution >= 4 is 64.1 Å². The molecule has 22 heteroatoms. The molecule has 0 saturated carbocycles. The number of carboxylic acid groups (broad SMARTS) is 1. The molecule has 2 aromatic heterocycles. The maximum absolute atomic E-state index is 15.4. The third kappa shape index (κ3) is 10.9. The fourth-order valence-electron chi connectivity index (χ4n) is 10.1. The number of rotatable bonds is 19. The van der Waals surface area contributed by atoms with Gasteiger partial charge in [0.15, 0.2) is 0 Å². The third-order valence-electron chi connectivity index (χ3n) is 14.3. The van der Waals surface area contributed by atoms with E-state index in [4.69, 9.17) is 14.5 Å². The Labute approximate surface area is 435 Å². The Morgan fingerprint density at radius 3 is 2.32 bits per heavy atom. The van der Waals surface area contributed by atoms with Gasteiger partial charge in [0.2, 0.25) is 23.6 Å². The van der Waals surface area contributed by atoms with Crippen LogP contribution < -0.4 is 32.1 Å². The Balaban J connectivity index is 0.898. The van der Waals surface area contributed by atoms with Gasteiger partial charge in [-0.1, -0.05) is 39.5 Å². The van der Waals surface area contributed by atoms with Crippen LogP contribution in [-0.2, 0) is 74.8 Å². The molecule has 0 saturated heterocycles. The predicted molar refractivity (Wildman–Crippen MR) is 271 cm³/mol. The minimum Gasteiger partial charge on any atom is -0.490 e. The second-order valence-electron chi connectivity index (χ2n) is 19.8. The lowest BCUT2D eigenvalue weighted by atomic mass is 9.81. The molecule has 21 nitrogen and oxygen atoms in total. The number of alkyl carbamates (subject to hydrolysis) is 1. The van der Waals surface area contributed by atoms with Crippen LogP contribution in [0.5, 0.6) is 0 Å². The van der Waals surface area contributed by atoms with Crippen molar-refractivity contribution in [2.24, 2.45) is 5.92 Å². The van der Waals surface area contributed by atoms with Crippen molar-refractivity contribution in [3.63, 3.8) is 0 Å². The minimum absolute atomic E-state index is 0.0706. The SMILES string of the molecule is C=C1OCc2c(cc3n(c2=O)Cc2c-3nc3cc(F)c(C)c4c3c2[C@@H](NC(=O)OCc2ccc(NC(=O)[C@H](CCC(=O)O)NC(=O)[C@H](C)NC(=O)[C@@H](CC(C)C)NC(=O)CCN3C(=O)C=CC3=O)cc2)CC4)[C@@]1(O)CC. The molecule has 4 aromatic rings. The van der Waals surface area contributed by atoms with Crippen molar-refractivity contribution in [1.82, 2.24) is 35.7 Å². The highest BCUT2D eigenvalue weighted by atomic mass is 19.1. The van der Waals surface area contributed by atoms with Crippen LogP contribution in [-0.4, -0.2) is 96.8 Å². The summed E-state index contributed by atoms with van der Waals surface area (Å²) in [4.78, 5) is 122. The van der Waals surface area contributed by atoms with E-state index < -0.39 is 89.5 Å². The van der Waals surface area contributed by atoms with E-state index in [0.717, 1.165) is 22.6 Å². The molecule has 0 radical (unpaired) electrons. The molecule has 76 heavy (non-hydrogen) atoms. The zero-order chi connectivity index (χ0) is 54.9. The highest BCUT2D eigenvalue weighted by Gasteiger charge is 2.43. The van der Waals surface area contributed by atoms with Crippen LogP contribution in [0, 0.1) is 18.7 Å². The Morgan fingerprint density at radius 1 is 0.934 bits per heavy atom. The monoisotopic (exact) mass is 1050 g/mol. The van der Waals surface area contributed by atoms with E-state index in [1.165, 1.54) is 25.1 Å². The van der Waals surface area contributed by atoms with Crippen LogP contribution in [0.2, 0.25) is 0 Å². The Hall–Kier alpha value is -8.27. The normalized spacial score (nSPS) is 18.2. The first-order valence-electron chi connectivity index (χ1n) is 25.0. The summed E-state index contributed by atoms with van der Waals surface area (Å²) in [6.45, 7) is 12.0. The molecule has 2 aromatic carbocycles. The summed E-state index contributed by atoms with van der Waals surface area (Å²) >= 11 is 0. The van der Waals surface area contributed by atoms with Gasteiger partial charge in [0.05, 0.1) is 35.1 Å². The number of anilines is 1. The maximum atomic E-state index is 15.4. The topological polar surface area (TPSA) is 294 Å². The van der Waals surface area contributed by atoms with Gasteiger partial charge in [0.25, 0.3) is 17.4 Å². The van der Waals surface area contributed by atoms with Gasteiger partial charge in [0, 0.05) is 59.8 Å². The highest BCUT2D eigenvalue weighted by molar-refractivity contribution is 6.13. The number of benzene rings is 2. The van der Waals surface area contributed by atoms with Crippen LogP contribution in [0.15, 0.2) is 65.7 Å². The van der Waals surface area contributed by atoms with Crippen LogP contribution in [0.3, 0.4) is 0 Å². The van der Waals surface area contributed by atoms with Crippen LogP contribution in [0.25, 0.3) is 22.3 Å². The Morgan fingerprint density at radius 2 is 1.64 bits per heavy atom. The number of nitrogens with zero attached hydrogens (tertiary/aromatic N) is 3. The van der Waals surface area contributed by atoms with E-state index in [1.807, 2.05) is 13.8 Å². The standard InChI is InChI=1S/C54H59FN8O13/c1-7-54(74)29(6)75-25-34-35(54)21-41-48-33(23-63(41)52(34)72)47-37(13-12-32-27(4)36(55)22-39(59-48)46(32)47)61-53(73)76-24-30-8-10-31(11-9-30)57-50(70)38(14-17-45(67)68)60-49(69)28(5)56-51(71)40(20-26(2)3)58-42(64)18-19-62-43(65)15-16-44(62)66/h8-11,15-16,21-22,26,28,37-38,40,74H,6-7,12-14,17-20,23-25H2,1-5H3,(H,56,71)(H,57,70)(H,58,64)(H,60,69)(H,61,73)(H,67,68)/t28-,37-,38-,40+,54+/m0/s1. The number of aliphatic carboxylic acids is 1. The fourth-order valence-corrected chi connectivity index (χ4v) is 10.1. The summed E-state index contributed by atoms with van der Waals surface area (Å²) in [5.74, 6) is -5.62. The van der Waals surface area contributed by atoms with E-state index in [1.54, 1.807) is 36.6 Å². The second-order valence-corrected chi connectivity index (χ2v) is 19.8. The average molecular weight is 1050 g/mol. The Bertz CT molecular complexity index is 3190. The molecule has 400 valence electrons. The van der Waals surface area contributed by atoms with Crippen LogP contribution in [0.4, 0.5) is 14.9 Å². The number of carbonyl (C=O) groups is 8. The van der Waals surface area contributed by atoms with Crippen LogP contribution >= 0.6 is 0 Å². The van der Waals surface area contributed by atoms with Gasteiger partial charge in [-0.25, -0.2) is 14.2 Å². The predicted octanol–water partition coefficient (Wildman–Crippen LogP) is 4.07. The number of amides is 7. The summed E-state index contributed by atoms with van der Waals surface area (Å²) in [6.07, 6.45) is 1.53. The molecule has 0 unspecified atom stereocenters. The molecule has 3 aliphatic heterocycles. The lowest BCUT2D eigenvalue weighted by molar-refractivity contribution is -0.139. The molecule has 5 atom stereocenters. The number of carboxylic acids is 1. The first-order valence-corrected chi connectivity index (χ1v) is 25.0. The van der Waals surface area contributed by atoms with E-state index in [2.05, 4.69) is 33.2 Å². The number of hydrogen-bond donors (Lipinski definition) is 7. The second kappa shape index (κ2) is 21.9. The van der Waals surface area contributed by atoms with Crippen molar-refractivity contribution in [3.05, 3.63) is 116 Å². The number of ether oxygens (including phenoxy) is 2. The largest absolute Gasteiger partial charge is 0.490 e. The molecule has 0 bridgehead atoms. The van der Waals surface area contributed by atoms with E-state index in [0.29, 0.717) is 68.5 Å². The molecule has 5 heterocycles. The molecule has 4 aliphatic rings. The fraction of sp³-hybridized carbons (Fsp3) is 0.407. The van der Waals surface area contributed by atoms with Gasteiger partial charge < -0.3 is 50.8 Å². The van der Waals surface area contributed by atoms with Gasteiger partial charge in [0.1, 0.15) is 48.5 Å². The summed E-state index contributed by atoms with van der Waals surface area (Å²) in [5.41, 5.74) is 3.26. The highest BCUT2D eigenvalue weighted by Crippen LogP contribution is 2.47. The number of aliphatic hydroxyl groups is 1. The number of aryl methyl sites for hydroxylation is 1. The zero-order valence-corrected chi connectivity index (χ0v) is 42.6. The van der Waals surface area contributed by atoms with Crippen molar-refractivity contribution in [2.45, 2.75) is 129 Å².